The zero-order valence-corrected chi connectivity index (χ0v) is 18.3. The van der Waals surface area contributed by atoms with Crippen LogP contribution < -0.4 is 4.74 Å². The lowest BCUT2D eigenvalue weighted by Gasteiger charge is -2.11. The molecule has 9 heteroatoms. The van der Waals surface area contributed by atoms with E-state index in [-0.39, 0.29) is 35.0 Å². The number of aliphatic hydroxyl groups excluding tert-OH is 1. The standard InChI is InChI=1S/C23H18ClFN2O4S/c24-20-7-2-6-18-22(26-14-27-23(18)20)19-13-16(8-9-21(19)25)31-15-4-1-5-17(12-15)32(29,30)11-3-10-28/h1-2,4-9,12-14,28H,3,10-11H2. The SMILES string of the molecule is O=S(=O)(CCCO)c1cccc(Oc2ccc(F)c(-c3ncnc4c(Cl)cccc34)c2)c1. The minimum atomic E-state index is -3.55. The van der Waals surface area contributed by atoms with E-state index in [1.54, 1.807) is 30.3 Å². The number of aromatic nitrogens is 2. The fourth-order valence-electron chi connectivity index (χ4n) is 3.26. The molecule has 0 fully saturated rings. The van der Waals surface area contributed by atoms with Gasteiger partial charge < -0.3 is 9.84 Å². The van der Waals surface area contributed by atoms with Crippen LogP contribution in [-0.4, -0.2) is 35.9 Å². The van der Waals surface area contributed by atoms with E-state index in [4.69, 9.17) is 21.4 Å². The molecule has 0 aliphatic carbocycles. The maximum absolute atomic E-state index is 14.7. The molecule has 0 amide bonds. The molecular formula is C23H18ClFN2O4S. The first kappa shape index (κ1) is 22.1. The molecule has 0 spiro atoms. The number of halogens is 2. The van der Waals surface area contributed by atoms with Gasteiger partial charge in [-0.25, -0.2) is 22.8 Å². The van der Waals surface area contributed by atoms with Gasteiger partial charge in [-0.15, -0.1) is 0 Å². The summed E-state index contributed by atoms with van der Waals surface area (Å²) in [5.74, 6) is -0.0854. The van der Waals surface area contributed by atoms with Crippen molar-refractivity contribution in [2.45, 2.75) is 11.3 Å². The molecule has 0 bridgehead atoms. The van der Waals surface area contributed by atoms with Gasteiger partial charge in [0.15, 0.2) is 9.84 Å². The van der Waals surface area contributed by atoms with Crippen LogP contribution in [0.1, 0.15) is 6.42 Å². The van der Waals surface area contributed by atoms with Gasteiger partial charge in [-0.2, -0.15) is 0 Å². The van der Waals surface area contributed by atoms with Crippen LogP contribution in [0, 0.1) is 5.82 Å². The average molecular weight is 473 g/mol. The summed E-state index contributed by atoms with van der Waals surface area (Å²) in [5.41, 5.74) is 1.07. The second-order valence-electron chi connectivity index (χ2n) is 6.97. The zero-order chi connectivity index (χ0) is 22.7. The first-order valence-electron chi connectivity index (χ1n) is 9.70. The molecule has 0 unspecified atom stereocenters. The summed E-state index contributed by atoms with van der Waals surface area (Å²) in [6, 6.07) is 15.4. The van der Waals surface area contributed by atoms with Crippen LogP contribution in [0.4, 0.5) is 4.39 Å². The predicted octanol–water partition coefficient (Wildman–Crippen LogP) is 5.04. The van der Waals surface area contributed by atoms with Crippen molar-refractivity contribution in [1.29, 1.82) is 0 Å². The molecule has 0 aliphatic heterocycles. The first-order chi connectivity index (χ1) is 15.4. The highest BCUT2D eigenvalue weighted by molar-refractivity contribution is 7.91. The number of ether oxygens (including phenoxy) is 1. The Labute approximate surface area is 189 Å². The lowest BCUT2D eigenvalue weighted by atomic mass is 10.1. The second-order valence-corrected chi connectivity index (χ2v) is 9.49. The van der Waals surface area contributed by atoms with Gasteiger partial charge in [0, 0.05) is 17.6 Å². The van der Waals surface area contributed by atoms with Crippen LogP contribution in [0.25, 0.3) is 22.2 Å². The Kier molecular flexibility index (Phi) is 6.36. The third-order valence-corrected chi connectivity index (χ3v) is 6.88. The Morgan fingerprint density at radius 2 is 1.78 bits per heavy atom. The molecule has 3 aromatic carbocycles. The molecule has 0 radical (unpaired) electrons. The molecule has 1 heterocycles. The Hall–Kier alpha value is -3.07. The van der Waals surface area contributed by atoms with Crippen molar-refractivity contribution in [3.63, 3.8) is 0 Å². The molecule has 0 saturated heterocycles. The summed E-state index contributed by atoms with van der Waals surface area (Å²) < 4.78 is 45.3. The summed E-state index contributed by atoms with van der Waals surface area (Å²) in [7, 11) is -3.55. The number of hydrogen-bond donors (Lipinski definition) is 1. The van der Waals surface area contributed by atoms with Crippen molar-refractivity contribution in [3.8, 4) is 22.8 Å². The summed E-state index contributed by atoms with van der Waals surface area (Å²) in [6.45, 7) is -0.212. The van der Waals surface area contributed by atoms with Crippen LogP contribution >= 0.6 is 11.6 Å². The molecule has 0 atom stereocenters. The quantitative estimate of drug-likeness (QED) is 0.405. The van der Waals surface area contributed by atoms with Crippen molar-refractivity contribution >= 4 is 32.3 Å². The Balaban J connectivity index is 1.70. The second kappa shape index (κ2) is 9.20. The summed E-state index contributed by atoms with van der Waals surface area (Å²) in [4.78, 5) is 8.49. The number of sulfone groups is 1. The molecule has 32 heavy (non-hydrogen) atoms. The fraction of sp³-hybridized carbons (Fsp3) is 0.130. The first-order valence-corrected chi connectivity index (χ1v) is 11.7. The van der Waals surface area contributed by atoms with E-state index in [0.29, 0.717) is 27.4 Å². The Morgan fingerprint density at radius 1 is 1.00 bits per heavy atom. The monoisotopic (exact) mass is 472 g/mol. The largest absolute Gasteiger partial charge is 0.457 e. The number of nitrogens with zero attached hydrogens (tertiary/aromatic N) is 2. The van der Waals surface area contributed by atoms with Crippen LogP contribution in [-0.2, 0) is 9.84 Å². The lowest BCUT2D eigenvalue weighted by molar-refractivity contribution is 0.295. The molecule has 4 aromatic rings. The number of benzene rings is 3. The molecule has 0 saturated carbocycles. The van der Waals surface area contributed by atoms with Gasteiger partial charge in [-0.1, -0.05) is 29.8 Å². The van der Waals surface area contributed by atoms with E-state index in [2.05, 4.69) is 9.97 Å². The van der Waals surface area contributed by atoms with Crippen LogP contribution in [0.2, 0.25) is 5.02 Å². The van der Waals surface area contributed by atoms with E-state index in [9.17, 15) is 12.8 Å². The number of fused-ring (bicyclic) bond motifs is 1. The Morgan fingerprint density at radius 3 is 2.59 bits per heavy atom. The molecule has 0 aliphatic rings. The van der Waals surface area contributed by atoms with E-state index in [1.165, 1.54) is 36.7 Å². The minimum absolute atomic E-state index is 0.0854. The van der Waals surface area contributed by atoms with Crippen molar-refractivity contribution < 1.29 is 22.7 Å². The number of para-hydroxylation sites is 1. The van der Waals surface area contributed by atoms with Crippen LogP contribution in [0.15, 0.2) is 71.9 Å². The minimum Gasteiger partial charge on any atom is -0.457 e. The topological polar surface area (TPSA) is 89.4 Å². The summed E-state index contributed by atoms with van der Waals surface area (Å²) in [6.07, 6.45) is 1.46. The van der Waals surface area contributed by atoms with Crippen molar-refractivity contribution in [2.24, 2.45) is 0 Å². The number of hydrogen-bond acceptors (Lipinski definition) is 6. The van der Waals surface area contributed by atoms with Gasteiger partial charge in [0.05, 0.1) is 26.9 Å². The van der Waals surface area contributed by atoms with Crippen LogP contribution in [0.5, 0.6) is 11.5 Å². The van der Waals surface area contributed by atoms with Crippen molar-refractivity contribution in [1.82, 2.24) is 9.97 Å². The van der Waals surface area contributed by atoms with Gasteiger partial charge in [-0.05, 0) is 48.9 Å². The van der Waals surface area contributed by atoms with E-state index in [1.807, 2.05) is 0 Å². The highest BCUT2D eigenvalue weighted by Crippen LogP contribution is 2.34. The fourth-order valence-corrected chi connectivity index (χ4v) is 4.80. The van der Waals surface area contributed by atoms with Crippen LogP contribution in [0.3, 0.4) is 0 Å². The molecule has 4 rings (SSSR count). The smallest absolute Gasteiger partial charge is 0.178 e. The van der Waals surface area contributed by atoms with Gasteiger partial charge in [0.25, 0.3) is 0 Å². The van der Waals surface area contributed by atoms with Gasteiger partial charge in [0.1, 0.15) is 23.6 Å². The van der Waals surface area contributed by atoms with E-state index in [0.717, 1.165) is 0 Å². The summed E-state index contributed by atoms with van der Waals surface area (Å²) in [5, 5.41) is 9.93. The van der Waals surface area contributed by atoms with E-state index < -0.39 is 15.7 Å². The highest BCUT2D eigenvalue weighted by Gasteiger charge is 2.16. The molecular weight excluding hydrogens is 455 g/mol. The maximum atomic E-state index is 14.7. The maximum Gasteiger partial charge on any atom is 0.178 e. The highest BCUT2D eigenvalue weighted by atomic mass is 35.5. The van der Waals surface area contributed by atoms with E-state index >= 15 is 0 Å². The van der Waals surface area contributed by atoms with Gasteiger partial charge in [0.2, 0.25) is 0 Å². The molecule has 1 aromatic heterocycles. The van der Waals surface area contributed by atoms with Gasteiger partial charge in [-0.3, -0.25) is 0 Å². The molecule has 6 nitrogen and oxygen atoms in total. The van der Waals surface area contributed by atoms with Crippen molar-refractivity contribution in [2.75, 3.05) is 12.4 Å². The van der Waals surface area contributed by atoms with Gasteiger partial charge >= 0.3 is 0 Å². The normalized spacial score (nSPS) is 11.6. The van der Waals surface area contributed by atoms with Crippen molar-refractivity contribution in [3.05, 3.63) is 77.8 Å². The average Bonchev–Trinajstić information content (AvgIpc) is 2.79. The lowest BCUT2D eigenvalue weighted by Crippen LogP contribution is -2.08. The number of rotatable bonds is 7. The summed E-state index contributed by atoms with van der Waals surface area (Å²) >= 11 is 6.21. The molecule has 1 N–H and O–H groups in total. The predicted molar refractivity (Wildman–Crippen MR) is 120 cm³/mol. The third-order valence-electron chi connectivity index (χ3n) is 4.78. The number of aliphatic hydroxyl groups is 1. The third kappa shape index (κ3) is 4.57. The zero-order valence-electron chi connectivity index (χ0n) is 16.7. The molecule has 164 valence electrons. The Bertz CT molecular complexity index is 1400.